The number of ether oxygens (including phenoxy) is 1. The number of fused-ring (bicyclic) bond motifs is 1. The maximum atomic E-state index is 14.3. The van der Waals surface area contributed by atoms with E-state index in [1.807, 2.05) is 6.07 Å². The number of carbonyl (C=O) groups excluding carboxylic acids is 2. The molecule has 2 amide bonds. The predicted octanol–water partition coefficient (Wildman–Crippen LogP) is 3.34. The van der Waals surface area contributed by atoms with Crippen molar-refractivity contribution in [2.24, 2.45) is 5.73 Å². The quantitative estimate of drug-likeness (QED) is 0.223. The number of benzene rings is 3. The summed E-state index contributed by atoms with van der Waals surface area (Å²) < 4.78 is 74.9. The zero-order chi connectivity index (χ0) is 31.3. The molecule has 3 aliphatic heterocycles. The van der Waals surface area contributed by atoms with E-state index in [2.05, 4.69) is 10.2 Å². The highest BCUT2D eigenvalue weighted by molar-refractivity contribution is 6.16. The van der Waals surface area contributed by atoms with Gasteiger partial charge in [-0.3, -0.25) is 14.5 Å². The molecule has 0 bridgehead atoms. The smallest absolute Gasteiger partial charge is 0.268 e. The molecular formula is C31H29F5N4O4. The van der Waals surface area contributed by atoms with Gasteiger partial charge in [0.05, 0.1) is 6.61 Å². The van der Waals surface area contributed by atoms with E-state index in [4.69, 9.17) is 10.5 Å². The molecule has 1 unspecified atom stereocenters. The van der Waals surface area contributed by atoms with Gasteiger partial charge < -0.3 is 25.8 Å². The van der Waals surface area contributed by atoms with Crippen LogP contribution >= 0.6 is 0 Å². The molecule has 4 N–H and O–H groups in total. The number of hydrogen-bond donors (Lipinski definition) is 3. The molecular weight excluding hydrogens is 587 g/mol. The fraction of sp³-hybridized carbons (Fsp3) is 0.355. The molecule has 6 rings (SSSR count). The number of nitrogens with zero attached hydrogens (tertiary/aromatic N) is 2. The first kappa shape index (κ1) is 30.1. The second-order valence-electron chi connectivity index (χ2n) is 11.4. The van der Waals surface area contributed by atoms with E-state index in [1.165, 1.54) is 4.90 Å². The van der Waals surface area contributed by atoms with Gasteiger partial charge in [0.2, 0.25) is 5.60 Å². The fourth-order valence-electron chi connectivity index (χ4n) is 6.21. The van der Waals surface area contributed by atoms with Gasteiger partial charge in [0.15, 0.2) is 11.6 Å². The lowest BCUT2D eigenvalue weighted by Crippen LogP contribution is -2.52. The third-order valence-electron chi connectivity index (χ3n) is 8.61. The maximum Gasteiger partial charge on any atom is 0.268 e. The van der Waals surface area contributed by atoms with Gasteiger partial charge in [0, 0.05) is 67.6 Å². The third-order valence-corrected chi connectivity index (χ3v) is 8.61. The minimum absolute atomic E-state index is 0.0254. The number of amides is 2. The Labute approximate surface area is 249 Å². The van der Waals surface area contributed by atoms with Crippen LogP contribution in [0.1, 0.15) is 41.2 Å². The Morgan fingerprint density at radius 2 is 1.77 bits per heavy atom. The van der Waals surface area contributed by atoms with Gasteiger partial charge in [0.25, 0.3) is 11.8 Å². The average Bonchev–Trinajstić information content (AvgIpc) is 3.56. The van der Waals surface area contributed by atoms with Crippen molar-refractivity contribution >= 4 is 17.5 Å². The van der Waals surface area contributed by atoms with Gasteiger partial charge >= 0.3 is 0 Å². The first-order chi connectivity index (χ1) is 20.9. The Hall–Kier alpha value is -3.91. The zero-order valence-electron chi connectivity index (χ0n) is 23.3. The number of halogens is 5. The number of anilines is 1. The van der Waals surface area contributed by atoms with E-state index in [1.54, 1.807) is 12.1 Å². The van der Waals surface area contributed by atoms with Crippen LogP contribution in [0.2, 0.25) is 0 Å². The van der Waals surface area contributed by atoms with Crippen LogP contribution in [0.4, 0.5) is 27.6 Å². The van der Waals surface area contributed by atoms with E-state index in [0.717, 1.165) is 35.4 Å². The highest BCUT2D eigenvalue weighted by Crippen LogP contribution is 2.36. The van der Waals surface area contributed by atoms with Gasteiger partial charge in [-0.2, -0.15) is 0 Å². The molecule has 44 heavy (non-hydrogen) atoms. The Morgan fingerprint density at radius 1 is 1.00 bits per heavy atom. The van der Waals surface area contributed by atoms with Crippen molar-refractivity contribution in [2.75, 3.05) is 18.1 Å². The van der Waals surface area contributed by atoms with E-state index < -0.39 is 70.8 Å². The molecule has 232 valence electrons. The molecule has 2 saturated heterocycles. The molecule has 2 fully saturated rings. The summed E-state index contributed by atoms with van der Waals surface area (Å²) in [6.07, 6.45) is -0.532. The average molecular weight is 617 g/mol. The second-order valence-corrected chi connectivity index (χ2v) is 11.4. The van der Waals surface area contributed by atoms with Crippen LogP contribution in [0.3, 0.4) is 0 Å². The molecule has 3 aliphatic rings. The van der Waals surface area contributed by atoms with Gasteiger partial charge in [-0.05, 0) is 53.9 Å². The monoisotopic (exact) mass is 616 g/mol. The van der Waals surface area contributed by atoms with Crippen molar-refractivity contribution in [1.29, 1.82) is 0 Å². The lowest BCUT2D eigenvalue weighted by Gasteiger charge is -2.38. The lowest BCUT2D eigenvalue weighted by atomic mass is 9.93. The fourth-order valence-corrected chi connectivity index (χ4v) is 6.21. The zero-order valence-corrected chi connectivity index (χ0v) is 23.3. The van der Waals surface area contributed by atoms with Crippen LogP contribution in [0.25, 0.3) is 0 Å². The molecule has 0 aliphatic carbocycles. The van der Waals surface area contributed by atoms with Crippen molar-refractivity contribution < 1.29 is 41.4 Å². The van der Waals surface area contributed by atoms with E-state index in [0.29, 0.717) is 31.3 Å². The van der Waals surface area contributed by atoms with Crippen LogP contribution < -0.4 is 16.0 Å². The number of rotatable bonds is 6. The first-order valence-corrected chi connectivity index (χ1v) is 14.1. The first-order valence-electron chi connectivity index (χ1n) is 14.1. The number of carbonyl (C=O) groups is 2. The summed E-state index contributed by atoms with van der Waals surface area (Å²) in [5.74, 6) is -6.93. The van der Waals surface area contributed by atoms with Crippen molar-refractivity contribution in [3.05, 3.63) is 99.9 Å². The summed E-state index contributed by atoms with van der Waals surface area (Å²) in [5.41, 5.74) is 5.92. The van der Waals surface area contributed by atoms with Gasteiger partial charge in [-0.25, -0.2) is 22.0 Å². The Kier molecular flexibility index (Phi) is 7.91. The number of aliphatic hydroxyl groups is 1. The maximum absolute atomic E-state index is 14.3. The Balaban J connectivity index is 1.09. The molecule has 0 spiro atoms. The van der Waals surface area contributed by atoms with Crippen molar-refractivity contribution in [2.45, 2.75) is 56.3 Å². The molecule has 3 aromatic carbocycles. The number of hydrogen-bond acceptors (Lipinski definition) is 6. The van der Waals surface area contributed by atoms with Crippen LogP contribution in [-0.4, -0.2) is 52.7 Å². The molecule has 4 atom stereocenters. The number of nitrogens with two attached hydrogens (primary N) is 1. The Morgan fingerprint density at radius 3 is 2.55 bits per heavy atom. The molecule has 0 aromatic heterocycles. The normalized spacial score (nSPS) is 25.4. The largest absolute Gasteiger partial charge is 0.372 e. The minimum atomic E-state index is -2.44. The highest BCUT2D eigenvalue weighted by Gasteiger charge is 2.52. The van der Waals surface area contributed by atoms with E-state index in [9.17, 15) is 36.6 Å². The SMILES string of the molecule is N[C@H]1C[C@@H](N2Cc3ccc(N4CCC(O)(C(=O)NCc5cc(F)cc(F)c5F)C4=O)cc3C2)CO[C@@H]1c1cc(F)ccc1F. The molecule has 3 aromatic rings. The highest BCUT2D eigenvalue weighted by atomic mass is 19.2. The van der Waals surface area contributed by atoms with Crippen LogP contribution in [0.5, 0.6) is 0 Å². The molecule has 8 nitrogen and oxygen atoms in total. The molecule has 0 saturated carbocycles. The summed E-state index contributed by atoms with van der Waals surface area (Å²) in [5, 5.41) is 13.2. The predicted molar refractivity (Wildman–Crippen MR) is 147 cm³/mol. The second kappa shape index (κ2) is 11.5. The van der Waals surface area contributed by atoms with Crippen molar-refractivity contribution in [3.63, 3.8) is 0 Å². The summed E-state index contributed by atoms with van der Waals surface area (Å²) >= 11 is 0. The summed E-state index contributed by atoms with van der Waals surface area (Å²) in [6.45, 7) is 0.736. The molecule has 3 heterocycles. The molecule has 0 radical (unpaired) electrons. The third kappa shape index (κ3) is 5.45. The van der Waals surface area contributed by atoms with Crippen LogP contribution in [-0.2, 0) is 34.0 Å². The van der Waals surface area contributed by atoms with E-state index in [-0.39, 0.29) is 31.2 Å². The summed E-state index contributed by atoms with van der Waals surface area (Å²) in [6, 6.07) is 8.99. The van der Waals surface area contributed by atoms with Crippen molar-refractivity contribution in [3.8, 4) is 0 Å². The summed E-state index contributed by atoms with van der Waals surface area (Å²) in [7, 11) is 0. The Bertz CT molecular complexity index is 1640. The van der Waals surface area contributed by atoms with Crippen LogP contribution in [0, 0.1) is 29.1 Å². The van der Waals surface area contributed by atoms with Gasteiger partial charge in [0.1, 0.15) is 23.6 Å². The standard InChI is InChI=1S/C31H29F5N4O4/c32-19-2-4-24(34)23(9-19)28-26(37)11-22(15-44-28)39-13-16-1-3-21(8-18(16)14-39)40-6-5-31(43,30(40)42)29(41)38-12-17-7-20(33)10-25(35)27(17)36/h1-4,7-10,22,26,28,43H,5-6,11-15,37H2,(H,38,41)/t22-,26+,28-,31?/m1/s1. The van der Waals surface area contributed by atoms with Gasteiger partial charge in [-0.15, -0.1) is 0 Å². The minimum Gasteiger partial charge on any atom is -0.372 e. The number of nitrogens with one attached hydrogen (secondary N) is 1. The summed E-state index contributed by atoms with van der Waals surface area (Å²) in [4.78, 5) is 29.5. The molecule has 13 heteroatoms. The van der Waals surface area contributed by atoms with E-state index >= 15 is 0 Å². The topological polar surface area (TPSA) is 108 Å². The lowest BCUT2D eigenvalue weighted by molar-refractivity contribution is -0.149. The van der Waals surface area contributed by atoms with Crippen LogP contribution in [0.15, 0.2) is 48.5 Å². The van der Waals surface area contributed by atoms with Gasteiger partial charge in [-0.1, -0.05) is 6.07 Å². The van der Waals surface area contributed by atoms with Crippen molar-refractivity contribution in [1.82, 2.24) is 10.2 Å².